The molecule has 0 fully saturated rings. The van der Waals surface area contributed by atoms with Crippen molar-refractivity contribution in [3.8, 4) is 0 Å². The zero-order chi connectivity index (χ0) is 17.8. The van der Waals surface area contributed by atoms with Gasteiger partial charge in [0.15, 0.2) is 0 Å². The van der Waals surface area contributed by atoms with Crippen LogP contribution in [0.25, 0.3) is 0 Å². The summed E-state index contributed by atoms with van der Waals surface area (Å²) >= 11 is 6.53. The molecule has 0 radical (unpaired) electrons. The summed E-state index contributed by atoms with van der Waals surface area (Å²) < 4.78 is 39.8. The summed E-state index contributed by atoms with van der Waals surface area (Å²) in [7, 11) is 0. The average molecular weight is 373 g/mol. The number of Topliss-reactive ketones (excluding diaryl/α,β-unsaturated/α-hetero) is 1. The van der Waals surface area contributed by atoms with Crippen LogP contribution < -0.4 is 0 Å². The van der Waals surface area contributed by atoms with Gasteiger partial charge in [0.25, 0.3) is 0 Å². The van der Waals surface area contributed by atoms with Crippen LogP contribution in [0.4, 0.5) is 13.2 Å². The number of halogens is 4. The SMILES string of the molecule is CC(=O)C[C@](SCc1ccccc1)(c1ccc(Cl)cc1)C(F)(F)F. The number of ketones is 1. The number of hydrogen-bond acceptors (Lipinski definition) is 2. The summed E-state index contributed by atoms with van der Waals surface area (Å²) in [5.41, 5.74) is 0.809. The molecule has 0 bridgehead atoms. The Morgan fingerprint density at radius 1 is 1.04 bits per heavy atom. The largest absolute Gasteiger partial charge is 0.407 e. The Morgan fingerprint density at radius 2 is 1.62 bits per heavy atom. The first-order valence-electron chi connectivity index (χ1n) is 7.25. The van der Waals surface area contributed by atoms with Gasteiger partial charge in [0.1, 0.15) is 10.5 Å². The van der Waals surface area contributed by atoms with E-state index in [0.29, 0.717) is 5.02 Å². The van der Waals surface area contributed by atoms with Crippen molar-refractivity contribution in [1.82, 2.24) is 0 Å². The number of carbonyl (C=O) groups is 1. The van der Waals surface area contributed by atoms with Crippen LogP contribution in [0.2, 0.25) is 5.02 Å². The van der Waals surface area contributed by atoms with E-state index in [-0.39, 0.29) is 11.3 Å². The standard InChI is InChI=1S/C18H16ClF3OS/c1-13(23)11-17(18(20,21)22,15-7-9-16(19)10-8-15)24-12-14-5-3-2-4-6-14/h2-10H,11-12H2,1H3/t17-/m0/s1. The lowest BCUT2D eigenvalue weighted by atomic mass is 9.92. The van der Waals surface area contributed by atoms with Gasteiger partial charge in [-0.2, -0.15) is 13.2 Å². The summed E-state index contributed by atoms with van der Waals surface area (Å²) in [6, 6.07) is 14.4. The van der Waals surface area contributed by atoms with Gasteiger partial charge in [-0.1, -0.05) is 54.1 Å². The highest BCUT2D eigenvalue weighted by Gasteiger charge is 2.56. The molecular formula is C18H16ClF3OS. The van der Waals surface area contributed by atoms with Crippen molar-refractivity contribution in [3.05, 3.63) is 70.7 Å². The third-order valence-electron chi connectivity index (χ3n) is 3.59. The molecule has 0 N–H and O–H groups in total. The Bertz CT molecular complexity index is 686. The van der Waals surface area contributed by atoms with E-state index in [1.807, 2.05) is 0 Å². The molecular weight excluding hydrogens is 357 g/mol. The third kappa shape index (κ3) is 4.33. The molecule has 0 aliphatic heterocycles. The summed E-state index contributed by atoms with van der Waals surface area (Å²) in [6.45, 7) is 1.18. The van der Waals surface area contributed by atoms with Gasteiger partial charge in [-0.15, -0.1) is 11.8 Å². The molecule has 6 heteroatoms. The van der Waals surface area contributed by atoms with Crippen LogP contribution in [-0.4, -0.2) is 12.0 Å². The van der Waals surface area contributed by atoms with Crippen molar-refractivity contribution in [2.24, 2.45) is 0 Å². The number of benzene rings is 2. The van der Waals surface area contributed by atoms with Crippen LogP contribution in [0.15, 0.2) is 54.6 Å². The van der Waals surface area contributed by atoms with Crippen molar-refractivity contribution in [1.29, 1.82) is 0 Å². The second-order valence-electron chi connectivity index (χ2n) is 5.48. The minimum atomic E-state index is -4.58. The van der Waals surface area contributed by atoms with E-state index < -0.39 is 23.1 Å². The number of carbonyl (C=O) groups excluding carboxylic acids is 1. The van der Waals surface area contributed by atoms with Crippen LogP contribution in [-0.2, 0) is 15.3 Å². The Labute approximate surface area is 148 Å². The van der Waals surface area contributed by atoms with E-state index in [0.717, 1.165) is 17.3 Å². The Kier molecular flexibility index (Phi) is 5.99. The molecule has 128 valence electrons. The van der Waals surface area contributed by atoms with Crippen LogP contribution in [0.1, 0.15) is 24.5 Å². The van der Waals surface area contributed by atoms with E-state index in [4.69, 9.17) is 11.6 Å². The van der Waals surface area contributed by atoms with Crippen molar-refractivity contribution < 1.29 is 18.0 Å². The second-order valence-corrected chi connectivity index (χ2v) is 7.20. The van der Waals surface area contributed by atoms with Crippen molar-refractivity contribution >= 4 is 29.1 Å². The maximum absolute atomic E-state index is 14.0. The topological polar surface area (TPSA) is 17.1 Å². The van der Waals surface area contributed by atoms with Crippen molar-refractivity contribution in [2.45, 2.75) is 30.0 Å². The van der Waals surface area contributed by atoms with Crippen LogP contribution in [0.5, 0.6) is 0 Å². The molecule has 0 saturated heterocycles. The Morgan fingerprint density at radius 3 is 2.12 bits per heavy atom. The first-order chi connectivity index (χ1) is 11.2. The highest BCUT2D eigenvalue weighted by atomic mass is 35.5. The van der Waals surface area contributed by atoms with Crippen molar-refractivity contribution in [3.63, 3.8) is 0 Å². The molecule has 0 saturated carbocycles. The van der Waals surface area contributed by atoms with Crippen LogP contribution in [0, 0.1) is 0 Å². The average Bonchev–Trinajstić information content (AvgIpc) is 2.52. The molecule has 0 aromatic heterocycles. The van der Waals surface area contributed by atoms with Gasteiger partial charge >= 0.3 is 6.18 Å². The summed E-state index contributed by atoms with van der Waals surface area (Å²) in [5.74, 6) is -0.362. The zero-order valence-corrected chi connectivity index (χ0v) is 14.5. The number of hydrogen-bond donors (Lipinski definition) is 0. The third-order valence-corrected chi connectivity index (χ3v) is 5.43. The maximum atomic E-state index is 14.0. The van der Waals surface area contributed by atoms with E-state index in [9.17, 15) is 18.0 Å². The van der Waals surface area contributed by atoms with Gasteiger partial charge in [0, 0.05) is 17.2 Å². The summed E-state index contributed by atoms with van der Waals surface area (Å²) in [6.07, 6.45) is -5.19. The molecule has 2 rings (SSSR count). The highest BCUT2D eigenvalue weighted by Crippen LogP contribution is 2.53. The van der Waals surface area contributed by atoms with Gasteiger partial charge in [0.05, 0.1) is 0 Å². The fourth-order valence-electron chi connectivity index (χ4n) is 2.43. The molecule has 0 amide bonds. The Hall–Kier alpha value is -1.46. The molecule has 0 aliphatic rings. The van der Waals surface area contributed by atoms with Gasteiger partial charge in [-0.05, 0) is 30.2 Å². The molecule has 0 heterocycles. The maximum Gasteiger partial charge on any atom is 0.407 e. The monoisotopic (exact) mass is 372 g/mol. The van der Waals surface area contributed by atoms with E-state index in [2.05, 4.69) is 0 Å². The van der Waals surface area contributed by atoms with Gasteiger partial charge in [0.2, 0.25) is 0 Å². The summed E-state index contributed by atoms with van der Waals surface area (Å²) in [4.78, 5) is 11.6. The predicted octanol–water partition coefficient (Wildman–Crippen LogP) is 6.01. The highest BCUT2D eigenvalue weighted by molar-refractivity contribution is 7.99. The fourth-order valence-corrected chi connectivity index (χ4v) is 3.94. The lowest BCUT2D eigenvalue weighted by Gasteiger charge is -2.35. The minimum Gasteiger partial charge on any atom is -0.300 e. The molecule has 2 aromatic rings. The second kappa shape index (κ2) is 7.62. The van der Waals surface area contributed by atoms with E-state index >= 15 is 0 Å². The first kappa shape index (κ1) is 18.9. The number of thioether (sulfide) groups is 1. The van der Waals surface area contributed by atoms with E-state index in [1.54, 1.807) is 30.3 Å². The van der Waals surface area contributed by atoms with E-state index in [1.165, 1.54) is 31.2 Å². The quantitative estimate of drug-likeness (QED) is 0.617. The first-order valence-corrected chi connectivity index (χ1v) is 8.61. The molecule has 0 aliphatic carbocycles. The van der Waals surface area contributed by atoms with Crippen molar-refractivity contribution in [2.75, 3.05) is 0 Å². The van der Waals surface area contributed by atoms with Gasteiger partial charge in [-0.25, -0.2) is 0 Å². The zero-order valence-electron chi connectivity index (χ0n) is 12.9. The Balaban J connectivity index is 2.45. The minimum absolute atomic E-state index is 0.0375. The molecule has 24 heavy (non-hydrogen) atoms. The lowest BCUT2D eigenvalue weighted by Crippen LogP contribution is -2.41. The smallest absolute Gasteiger partial charge is 0.300 e. The lowest BCUT2D eigenvalue weighted by molar-refractivity contribution is -0.166. The normalized spacial score (nSPS) is 14.2. The molecule has 1 nitrogen and oxygen atoms in total. The fraction of sp³-hybridized carbons (Fsp3) is 0.278. The molecule has 0 unspecified atom stereocenters. The molecule has 0 spiro atoms. The van der Waals surface area contributed by atoms with Crippen LogP contribution >= 0.6 is 23.4 Å². The summed E-state index contributed by atoms with van der Waals surface area (Å²) in [5, 5.41) is 0.353. The van der Waals surface area contributed by atoms with Gasteiger partial charge in [-0.3, -0.25) is 4.79 Å². The molecule has 2 aromatic carbocycles. The number of rotatable bonds is 6. The predicted molar refractivity (Wildman–Crippen MR) is 92.2 cm³/mol. The van der Waals surface area contributed by atoms with Crippen LogP contribution in [0.3, 0.4) is 0 Å². The number of alkyl halides is 3. The van der Waals surface area contributed by atoms with Gasteiger partial charge < -0.3 is 0 Å². The molecule has 1 atom stereocenters.